The minimum atomic E-state index is -0.765. The molecule has 0 aliphatic heterocycles. The fourth-order valence-electron chi connectivity index (χ4n) is 11.3. The fraction of sp³-hybridized carbons (Fsp3) is 0.958. The third-order valence-corrected chi connectivity index (χ3v) is 17.0. The van der Waals surface area contributed by atoms with Crippen molar-refractivity contribution in [2.75, 3.05) is 13.2 Å². The lowest BCUT2D eigenvalue weighted by Gasteiger charge is -2.18. The maximum atomic E-state index is 13.0. The number of rotatable bonds is 65. The molecule has 6 nitrogen and oxygen atoms in total. The Morgan fingerprint density at radius 3 is 0.667 bits per heavy atom. The Kier molecular flexibility index (Phi) is 61.7. The Labute approximate surface area is 488 Å². The van der Waals surface area contributed by atoms with Crippen LogP contribution in [0.25, 0.3) is 0 Å². The molecule has 0 spiro atoms. The zero-order valence-electron chi connectivity index (χ0n) is 54.0. The molecule has 0 bridgehead atoms. The number of carbonyl (C=O) groups is 3. The van der Waals surface area contributed by atoms with E-state index in [0.717, 1.165) is 75.5 Å². The van der Waals surface area contributed by atoms with Crippen molar-refractivity contribution in [3.63, 3.8) is 0 Å². The molecule has 0 N–H and O–H groups in total. The van der Waals surface area contributed by atoms with Gasteiger partial charge in [0, 0.05) is 19.3 Å². The van der Waals surface area contributed by atoms with Gasteiger partial charge in [-0.2, -0.15) is 0 Å². The van der Waals surface area contributed by atoms with E-state index in [2.05, 4.69) is 41.5 Å². The van der Waals surface area contributed by atoms with Gasteiger partial charge in [0.2, 0.25) is 0 Å². The Morgan fingerprint density at radius 2 is 0.449 bits per heavy atom. The standard InChI is InChI=1S/C72H140O6/c1-7-68(6)60-54-48-42-36-30-24-17-13-9-11-14-18-25-31-37-43-49-55-61-70(73)76-64-69(65-77-71(74)62-56-50-44-38-32-26-21-20-23-29-35-41-47-53-59-67(4)5)78-72(75)63-57-51-45-39-33-27-19-15-10-8-12-16-22-28-34-40-46-52-58-66(2)3/h66-69H,7-65H2,1-6H3/t68?,69-/m1/s1. The molecule has 1 unspecified atom stereocenters. The second-order valence-electron chi connectivity index (χ2n) is 26.1. The molecule has 0 radical (unpaired) electrons. The molecule has 0 aliphatic carbocycles. The van der Waals surface area contributed by atoms with Crippen LogP contribution >= 0.6 is 0 Å². The van der Waals surface area contributed by atoms with Crippen molar-refractivity contribution in [2.24, 2.45) is 17.8 Å². The van der Waals surface area contributed by atoms with E-state index in [1.807, 2.05) is 0 Å². The van der Waals surface area contributed by atoms with Crippen molar-refractivity contribution in [1.82, 2.24) is 0 Å². The smallest absolute Gasteiger partial charge is 0.306 e. The summed E-state index contributed by atoms with van der Waals surface area (Å²) in [4.78, 5) is 38.5. The van der Waals surface area contributed by atoms with Crippen LogP contribution in [0.3, 0.4) is 0 Å². The van der Waals surface area contributed by atoms with Crippen LogP contribution in [-0.2, 0) is 28.6 Å². The molecule has 2 atom stereocenters. The van der Waals surface area contributed by atoms with Gasteiger partial charge in [-0.05, 0) is 37.0 Å². The molecule has 0 fully saturated rings. The second-order valence-corrected chi connectivity index (χ2v) is 26.1. The van der Waals surface area contributed by atoms with Gasteiger partial charge in [-0.1, -0.05) is 369 Å². The maximum Gasteiger partial charge on any atom is 0.306 e. The highest BCUT2D eigenvalue weighted by Crippen LogP contribution is 2.20. The number of unbranched alkanes of at least 4 members (excludes halogenated alkanes) is 47. The van der Waals surface area contributed by atoms with Crippen molar-refractivity contribution < 1.29 is 28.6 Å². The Morgan fingerprint density at radius 1 is 0.256 bits per heavy atom. The highest BCUT2D eigenvalue weighted by Gasteiger charge is 2.20. The van der Waals surface area contributed by atoms with Crippen LogP contribution in [0.4, 0.5) is 0 Å². The van der Waals surface area contributed by atoms with E-state index in [4.69, 9.17) is 14.2 Å². The van der Waals surface area contributed by atoms with Crippen LogP contribution in [0.15, 0.2) is 0 Å². The molecule has 0 amide bonds. The largest absolute Gasteiger partial charge is 0.462 e. The topological polar surface area (TPSA) is 78.9 Å². The predicted octanol–water partition coefficient (Wildman–Crippen LogP) is 24.2. The number of ether oxygens (including phenoxy) is 3. The predicted molar refractivity (Wildman–Crippen MR) is 339 cm³/mol. The normalized spacial score (nSPS) is 12.5. The van der Waals surface area contributed by atoms with Crippen LogP contribution in [0, 0.1) is 17.8 Å². The summed E-state index contributed by atoms with van der Waals surface area (Å²) in [5.74, 6) is 1.79. The Bertz CT molecular complexity index is 1210. The van der Waals surface area contributed by atoms with Gasteiger partial charge in [-0.25, -0.2) is 0 Å². The number of esters is 3. The van der Waals surface area contributed by atoms with Gasteiger partial charge in [0.05, 0.1) is 0 Å². The molecule has 0 aliphatic rings. The number of carbonyl (C=O) groups excluding carboxylic acids is 3. The average Bonchev–Trinajstić information content (AvgIpc) is 3.42. The van der Waals surface area contributed by atoms with Gasteiger partial charge in [0.15, 0.2) is 6.10 Å². The summed E-state index contributed by atoms with van der Waals surface area (Å²) in [6, 6.07) is 0. The van der Waals surface area contributed by atoms with E-state index >= 15 is 0 Å². The van der Waals surface area contributed by atoms with Crippen molar-refractivity contribution in [1.29, 1.82) is 0 Å². The lowest BCUT2D eigenvalue weighted by atomic mass is 9.99. The quantitative estimate of drug-likeness (QED) is 0.0343. The van der Waals surface area contributed by atoms with Gasteiger partial charge >= 0.3 is 17.9 Å². The molecular weight excluding hydrogens is 961 g/mol. The van der Waals surface area contributed by atoms with Crippen LogP contribution in [0.2, 0.25) is 0 Å². The first kappa shape index (κ1) is 76.4. The summed E-state index contributed by atoms with van der Waals surface area (Å²) in [5, 5.41) is 0. The number of hydrogen-bond acceptors (Lipinski definition) is 6. The van der Waals surface area contributed by atoms with Crippen molar-refractivity contribution >= 4 is 17.9 Å². The highest BCUT2D eigenvalue weighted by atomic mass is 16.6. The van der Waals surface area contributed by atoms with Gasteiger partial charge in [0.25, 0.3) is 0 Å². The Balaban J connectivity index is 4.27. The molecular formula is C72H140O6. The fourth-order valence-corrected chi connectivity index (χ4v) is 11.3. The Hall–Kier alpha value is -1.59. The van der Waals surface area contributed by atoms with E-state index in [0.29, 0.717) is 19.3 Å². The summed E-state index contributed by atoms with van der Waals surface area (Å²) in [5.41, 5.74) is 0. The molecule has 0 aromatic heterocycles. The lowest BCUT2D eigenvalue weighted by Crippen LogP contribution is -2.30. The zero-order chi connectivity index (χ0) is 56.9. The van der Waals surface area contributed by atoms with Gasteiger partial charge < -0.3 is 14.2 Å². The van der Waals surface area contributed by atoms with E-state index in [-0.39, 0.29) is 31.1 Å². The first-order chi connectivity index (χ1) is 38.1. The highest BCUT2D eigenvalue weighted by molar-refractivity contribution is 5.71. The van der Waals surface area contributed by atoms with Gasteiger partial charge in [0.1, 0.15) is 13.2 Å². The van der Waals surface area contributed by atoms with E-state index < -0.39 is 6.10 Å². The van der Waals surface area contributed by atoms with E-state index in [1.54, 1.807) is 0 Å². The van der Waals surface area contributed by atoms with Crippen molar-refractivity contribution in [3.8, 4) is 0 Å². The molecule has 464 valence electrons. The van der Waals surface area contributed by atoms with Crippen LogP contribution in [0.1, 0.15) is 408 Å². The van der Waals surface area contributed by atoms with Crippen LogP contribution in [-0.4, -0.2) is 37.2 Å². The molecule has 0 aromatic rings. The second kappa shape index (κ2) is 63.0. The van der Waals surface area contributed by atoms with Crippen LogP contribution < -0.4 is 0 Å². The zero-order valence-corrected chi connectivity index (χ0v) is 54.0. The average molecular weight is 1100 g/mol. The summed E-state index contributed by atoms with van der Waals surface area (Å²) in [6.07, 6.45) is 71.1. The minimum Gasteiger partial charge on any atom is -0.462 e. The maximum absolute atomic E-state index is 13.0. The lowest BCUT2D eigenvalue weighted by molar-refractivity contribution is -0.167. The number of hydrogen-bond donors (Lipinski definition) is 0. The van der Waals surface area contributed by atoms with Gasteiger partial charge in [-0.15, -0.1) is 0 Å². The molecule has 0 saturated heterocycles. The first-order valence-electron chi connectivity index (χ1n) is 35.6. The van der Waals surface area contributed by atoms with Crippen LogP contribution in [0.5, 0.6) is 0 Å². The monoisotopic (exact) mass is 1100 g/mol. The van der Waals surface area contributed by atoms with E-state index in [9.17, 15) is 14.4 Å². The molecule has 0 aromatic carbocycles. The molecule has 78 heavy (non-hydrogen) atoms. The summed E-state index contributed by atoms with van der Waals surface area (Å²) in [7, 11) is 0. The molecule has 0 saturated carbocycles. The summed E-state index contributed by atoms with van der Waals surface area (Å²) < 4.78 is 17.0. The first-order valence-corrected chi connectivity index (χ1v) is 35.6. The van der Waals surface area contributed by atoms with Crippen molar-refractivity contribution in [3.05, 3.63) is 0 Å². The third kappa shape index (κ3) is 63.6. The molecule has 0 rings (SSSR count). The summed E-state index contributed by atoms with van der Waals surface area (Å²) >= 11 is 0. The van der Waals surface area contributed by atoms with Gasteiger partial charge in [-0.3, -0.25) is 14.4 Å². The molecule has 6 heteroatoms. The minimum absolute atomic E-state index is 0.0617. The van der Waals surface area contributed by atoms with Crippen molar-refractivity contribution in [2.45, 2.75) is 414 Å². The SMILES string of the molecule is CCC(C)CCCCCCCCCCCCCCCCCCCCC(=O)OC[C@H](COC(=O)CCCCCCCCCCCCCCCCC(C)C)OC(=O)CCCCCCCCCCCCCCCCCCCCC(C)C. The molecule has 0 heterocycles. The van der Waals surface area contributed by atoms with E-state index in [1.165, 1.54) is 289 Å². The summed E-state index contributed by atoms with van der Waals surface area (Å²) in [6.45, 7) is 13.9. The third-order valence-electron chi connectivity index (χ3n) is 17.0.